The number of ether oxygens (including phenoxy) is 3. The molecule has 2 aromatic heterocycles. The third-order valence-electron chi connectivity index (χ3n) is 4.11. The van der Waals surface area contributed by atoms with Gasteiger partial charge in [0.05, 0.1) is 31.0 Å². The van der Waals surface area contributed by atoms with Crippen molar-refractivity contribution < 1.29 is 14.2 Å². The highest BCUT2D eigenvalue weighted by atomic mass is 32.1. The van der Waals surface area contributed by atoms with Crippen LogP contribution in [0.4, 0.5) is 10.1 Å². The summed E-state index contributed by atoms with van der Waals surface area (Å²) in [5.74, 6) is 2.23. The zero-order chi connectivity index (χ0) is 18.8. The lowest BCUT2D eigenvalue weighted by Gasteiger charge is -2.08. The Morgan fingerprint density at radius 2 is 1.63 bits per heavy atom. The average molecular weight is 399 g/mol. The minimum atomic E-state index is 0.719. The number of aromatic nitrogens is 1. The largest absolute Gasteiger partial charge is 0.494 e. The summed E-state index contributed by atoms with van der Waals surface area (Å²) in [5.41, 5.74) is 1.96. The molecule has 0 aliphatic heterocycles. The van der Waals surface area contributed by atoms with Crippen LogP contribution in [0.5, 0.6) is 17.2 Å². The van der Waals surface area contributed by atoms with Gasteiger partial charge in [0.2, 0.25) is 0 Å². The van der Waals surface area contributed by atoms with Gasteiger partial charge in [0.1, 0.15) is 11.3 Å². The molecule has 0 atom stereocenters. The average Bonchev–Trinajstić information content (AvgIpc) is 3.33. The molecule has 0 radical (unpaired) electrons. The molecule has 0 aliphatic carbocycles. The summed E-state index contributed by atoms with van der Waals surface area (Å²) in [6.07, 6.45) is 0. The number of benzene rings is 2. The van der Waals surface area contributed by atoms with Crippen molar-refractivity contribution in [2.45, 2.75) is 0 Å². The number of thiophene rings is 1. The Balaban J connectivity index is 1.60. The number of methoxy groups -OCH3 is 3. The zero-order valence-electron chi connectivity index (χ0n) is 15.1. The van der Waals surface area contributed by atoms with Crippen LogP contribution >= 0.6 is 22.7 Å². The van der Waals surface area contributed by atoms with Gasteiger partial charge in [-0.2, -0.15) is 0 Å². The molecular weight excluding hydrogens is 380 g/mol. The summed E-state index contributed by atoms with van der Waals surface area (Å²) in [6, 6.07) is 16.0. The van der Waals surface area contributed by atoms with E-state index in [1.165, 1.54) is 0 Å². The second-order valence-electron chi connectivity index (χ2n) is 5.68. The van der Waals surface area contributed by atoms with Gasteiger partial charge in [-0.25, -0.2) is 4.98 Å². The van der Waals surface area contributed by atoms with Gasteiger partial charge in [-0.15, -0.1) is 11.3 Å². The maximum absolute atomic E-state index is 5.40. The Hall–Kier alpha value is -2.77. The van der Waals surface area contributed by atoms with Crippen LogP contribution in [0, 0.1) is 0 Å². The molecule has 0 unspecified atom stereocenters. The molecule has 138 valence electrons. The lowest BCUT2D eigenvalue weighted by atomic mass is 10.1. The van der Waals surface area contributed by atoms with Crippen molar-refractivity contribution in [3.05, 3.63) is 48.5 Å². The van der Waals surface area contributed by atoms with Crippen LogP contribution < -0.4 is 19.5 Å². The number of hydrogen-bond donors (Lipinski definition) is 1. The number of rotatable bonds is 6. The third-order valence-corrected chi connectivity index (χ3v) is 6.09. The van der Waals surface area contributed by atoms with Gasteiger partial charge in [0, 0.05) is 4.88 Å². The van der Waals surface area contributed by atoms with Crippen molar-refractivity contribution in [1.82, 2.24) is 4.98 Å². The van der Waals surface area contributed by atoms with E-state index in [4.69, 9.17) is 14.2 Å². The summed E-state index contributed by atoms with van der Waals surface area (Å²) < 4.78 is 17.2. The van der Waals surface area contributed by atoms with Gasteiger partial charge >= 0.3 is 0 Å². The Kier molecular flexibility index (Phi) is 4.87. The molecule has 0 saturated carbocycles. The Labute approximate surface area is 165 Å². The van der Waals surface area contributed by atoms with Crippen LogP contribution in [-0.2, 0) is 0 Å². The fourth-order valence-corrected chi connectivity index (χ4v) is 4.66. The van der Waals surface area contributed by atoms with Gasteiger partial charge in [0.15, 0.2) is 16.6 Å². The topological polar surface area (TPSA) is 52.6 Å². The molecule has 0 spiro atoms. The summed E-state index contributed by atoms with van der Waals surface area (Å²) in [5, 5.41) is 5.27. The molecule has 4 rings (SSSR count). The second kappa shape index (κ2) is 7.46. The number of nitrogens with one attached hydrogen (secondary N) is 1. The summed E-state index contributed by atoms with van der Waals surface area (Å²) >= 11 is 3.27. The van der Waals surface area contributed by atoms with Gasteiger partial charge in [-0.3, -0.25) is 0 Å². The first-order valence-electron chi connectivity index (χ1n) is 8.24. The molecule has 4 aromatic rings. The van der Waals surface area contributed by atoms with E-state index in [-0.39, 0.29) is 0 Å². The van der Waals surface area contributed by atoms with Gasteiger partial charge < -0.3 is 19.5 Å². The molecule has 7 heteroatoms. The van der Waals surface area contributed by atoms with Gasteiger partial charge in [-0.05, 0) is 48.0 Å². The molecule has 0 saturated heterocycles. The minimum Gasteiger partial charge on any atom is -0.494 e. The minimum absolute atomic E-state index is 0.719. The second-order valence-corrected chi connectivity index (χ2v) is 7.80. The van der Waals surface area contributed by atoms with E-state index in [2.05, 4.69) is 22.4 Å². The summed E-state index contributed by atoms with van der Waals surface area (Å²) in [4.78, 5) is 5.80. The van der Waals surface area contributed by atoms with Crippen molar-refractivity contribution in [3.8, 4) is 27.7 Å². The highest BCUT2D eigenvalue weighted by Crippen LogP contribution is 2.39. The van der Waals surface area contributed by atoms with E-state index in [0.29, 0.717) is 0 Å². The van der Waals surface area contributed by atoms with Crippen LogP contribution in [-0.4, -0.2) is 26.3 Å². The lowest BCUT2D eigenvalue weighted by Crippen LogP contribution is -1.90. The van der Waals surface area contributed by atoms with Crippen LogP contribution in [0.25, 0.3) is 20.7 Å². The first kappa shape index (κ1) is 17.6. The molecule has 0 fully saturated rings. The standard InChI is InChI=1S/C20H18N2O3S2/c1-23-13-8-7-12(11-15(13)25-3)16-9-10-18(26-16)21-20-22-19-14(24-2)5-4-6-17(19)27-20/h4-11H,1-3H3,(H,21,22). The number of anilines is 2. The van der Waals surface area contributed by atoms with E-state index in [1.54, 1.807) is 44.0 Å². The number of nitrogens with zero attached hydrogens (tertiary/aromatic N) is 1. The number of para-hydroxylation sites is 1. The monoisotopic (exact) mass is 398 g/mol. The molecule has 5 nitrogen and oxygen atoms in total. The van der Waals surface area contributed by atoms with Crippen molar-refractivity contribution in [1.29, 1.82) is 0 Å². The quantitative estimate of drug-likeness (QED) is 0.445. The van der Waals surface area contributed by atoms with E-state index in [0.717, 1.165) is 48.0 Å². The smallest absolute Gasteiger partial charge is 0.189 e. The van der Waals surface area contributed by atoms with Gasteiger partial charge in [-0.1, -0.05) is 17.4 Å². The maximum atomic E-state index is 5.40. The molecule has 1 N–H and O–H groups in total. The molecule has 0 bridgehead atoms. The molecule has 0 amide bonds. The third kappa shape index (κ3) is 3.43. The zero-order valence-corrected chi connectivity index (χ0v) is 16.7. The van der Waals surface area contributed by atoms with Crippen molar-refractivity contribution in [2.24, 2.45) is 0 Å². The fraction of sp³-hybridized carbons (Fsp3) is 0.150. The maximum Gasteiger partial charge on any atom is 0.189 e. The molecule has 27 heavy (non-hydrogen) atoms. The normalized spacial score (nSPS) is 10.8. The highest BCUT2D eigenvalue weighted by Gasteiger charge is 2.11. The van der Waals surface area contributed by atoms with Crippen LogP contribution in [0.15, 0.2) is 48.5 Å². The molecule has 0 aliphatic rings. The number of hydrogen-bond acceptors (Lipinski definition) is 7. The van der Waals surface area contributed by atoms with Crippen molar-refractivity contribution in [3.63, 3.8) is 0 Å². The summed E-state index contributed by atoms with van der Waals surface area (Å²) in [6.45, 7) is 0. The molecule has 2 aromatic carbocycles. The predicted molar refractivity (Wildman–Crippen MR) is 112 cm³/mol. The first-order valence-corrected chi connectivity index (χ1v) is 9.88. The molecular formula is C20H18N2O3S2. The van der Waals surface area contributed by atoms with Crippen molar-refractivity contribution in [2.75, 3.05) is 26.6 Å². The Bertz CT molecular complexity index is 1090. The van der Waals surface area contributed by atoms with Crippen LogP contribution in [0.1, 0.15) is 0 Å². The van der Waals surface area contributed by atoms with Crippen LogP contribution in [0.3, 0.4) is 0 Å². The fourth-order valence-electron chi connectivity index (χ4n) is 2.80. The summed E-state index contributed by atoms with van der Waals surface area (Å²) in [7, 11) is 4.94. The van der Waals surface area contributed by atoms with E-state index in [9.17, 15) is 0 Å². The highest BCUT2D eigenvalue weighted by molar-refractivity contribution is 7.23. The number of fused-ring (bicyclic) bond motifs is 1. The van der Waals surface area contributed by atoms with Crippen molar-refractivity contribution >= 4 is 43.0 Å². The van der Waals surface area contributed by atoms with Crippen LogP contribution in [0.2, 0.25) is 0 Å². The van der Waals surface area contributed by atoms with Gasteiger partial charge in [0.25, 0.3) is 0 Å². The van der Waals surface area contributed by atoms with E-state index >= 15 is 0 Å². The Morgan fingerprint density at radius 3 is 2.41 bits per heavy atom. The SMILES string of the molecule is COc1ccc(-c2ccc(Nc3nc4c(OC)cccc4s3)s2)cc1OC. The predicted octanol–water partition coefficient (Wildman–Crippen LogP) is 5.79. The lowest BCUT2D eigenvalue weighted by molar-refractivity contribution is 0.355. The first-order chi connectivity index (χ1) is 13.2. The molecule has 2 heterocycles. The van der Waals surface area contributed by atoms with E-state index < -0.39 is 0 Å². The van der Waals surface area contributed by atoms with E-state index in [1.807, 2.05) is 36.4 Å². The number of thiazole rings is 1. The Morgan fingerprint density at radius 1 is 0.815 bits per heavy atom.